The molecule has 0 fully saturated rings. The van der Waals surface area contributed by atoms with Gasteiger partial charge in [-0.15, -0.1) is 0 Å². The maximum Gasteiger partial charge on any atom is 0.0518 e. The lowest BCUT2D eigenvalue weighted by Crippen LogP contribution is -2.21. The number of hydrogen-bond acceptors (Lipinski definition) is 2. The third-order valence-electron chi connectivity index (χ3n) is 3.11. The highest BCUT2D eigenvalue weighted by Crippen LogP contribution is 2.20. The highest BCUT2D eigenvalue weighted by atomic mass is 35.5. The van der Waals surface area contributed by atoms with Gasteiger partial charge in [0.15, 0.2) is 0 Å². The molecule has 0 saturated carbocycles. The Morgan fingerprint density at radius 1 is 1.39 bits per heavy atom. The molecule has 1 unspecified atom stereocenters. The molecule has 1 aromatic carbocycles. The van der Waals surface area contributed by atoms with Crippen molar-refractivity contribution < 1.29 is 0 Å². The molecule has 1 aromatic heterocycles. The van der Waals surface area contributed by atoms with Crippen LogP contribution in [0, 0.1) is 0 Å². The zero-order valence-electron chi connectivity index (χ0n) is 10.7. The van der Waals surface area contributed by atoms with E-state index in [2.05, 4.69) is 23.4 Å². The van der Waals surface area contributed by atoms with Gasteiger partial charge in [0.2, 0.25) is 0 Å². The van der Waals surface area contributed by atoms with Crippen LogP contribution in [0.2, 0.25) is 5.02 Å². The lowest BCUT2D eigenvalue weighted by Gasteiger charge is -2.17. The van der Waals surface area contributed by atoms with Crippen LogP contribution in [0.3, 0.4) is 0 Å². The Morgan fingerprint density at radius 2 is 2.22 bits per heavy atom. The van der Waals surface area contributed by atoms with Gasteiger partial charge < -0.3 is 5.32 Å². The highest BCUT2D eigenvalue weighted by molar-refractivity contribution is 6.30. The van der Waals surface area contributed by atoms with Crippen molar-refractivity contribution in [1.29, 1.82) is 0 Å². The summed E-state index contributed by atoms with van der Waals surface area (Å²) in [5.41, 5.74) is 2.41. The van der Waals surface area contributed by atoms with Gasteiger partial charge in [-0.05, 0) is 30.2 Å². The summed E-state index contributed by atoms with van der Waals surface area (Å²) in [6, 6.07) is 10.4. The first-order valence-electron chi connectivity index (χ1n) is 6.16. The van der Waals surface area contributed by atoms with Gasteiger partial charge in [0.1, 0.15) is 0 Å². The van der Waals surface area contributed by atoms with Gasteiger partial charge in [-0.1, -0.05) is 30.7 Å². The molecule has 3 nitrogen and oxygen atoms in total. The van der Waals surface area contributed by atoms with Gasteiger partial charge in [0.05, 0.1) is 5.69 Å². The largest absolute Gasteiger partial charge is 0.304 e. The summed E-state index contributed by atoms with van der Waals surface area (Å²) < 4.78 is 1.89. The fourth-order valence-electron chi connectivity index (χ4n) is 2.02. The lowest BCUT2D eigenvalue weighted by atomic mass is 10.0. The van der Waals surface area contributed by atoms with E-state index in [1.54, 1.807) is 0 Å². The van der Waals surface area contributed by atoms with Crippen molar-refractivity contribution in [2.24, 2.45) is 7.05 Å². The topological polar surface area (TPSA) is 29.9 Å². The van der Waals surface area contributed by atoms with Crippen molar-refractivity contribution in [3.63, 3.8) is 0 Å². The molecular weight excluding hydrogens is 246 g/mol. The lowest BCUT2D eigenvalue weighted by molar-refractivity contribution is 0.503. The van der Waals surface area contributed by atoms with Crippen LogP contribution in [-0.4, -0.2) is 9.78 Å². The highest BCUT2D eigenvalue weighted by Gasteiger charge is 2.09. The van der Waals surface area contributed by atoms with Crippen LogP contribution in [0.25, 0.3) is 0 Å². The molecular formula is C14H18ClN3. The van der Waals surface area contributed by atoms with Crippen LogP contribution in [0.5, 0.6) is 0 Å². The number of aromatic nitrogens is 2. The Bertz CT molecular complexity index is 507. The van der Waals surface area contributed by atoms with Crippen LogP contribution >= 0.6 is 11.6 Å². The molecule has 2 rings (SSSR count). The Hall–Kier alpha value is -1.32. The predicted molar refractivity (Wildman–Crippen MR) is 74.5 cm³/mol. The second-order valence-electron chi connectivity index (χ2n) is 4.34. The first-order valence-corrected chi connectivity index (χ1v) is 6.54. The molecule has 96 valence electrons. The number of rotatable bonds is 5. The van der Waals surface area contributed by atoms with E-state index in [1.165, 1.54) is 11.3 Å². The molecule has 18 heavy (non-hydrogen) atoms. The number of nitrogens with zero attached hydrogens (tertiary/aromatic N) is 2. The first kappa shape index (κ1) is 13.1. The van der Waals surface area contributed by atoms with Crippen molar-refractivity contribution in [2.45, 2.75) is 25.9 Å². The predicted octanol–water partition coefficient (Wildman–Crippen LogP) is 3.31. The van der Waals surface area contributed by atoms with Crippen molar-refractivity contribution in [1.82, 2.24) is 15.1 Å². The van der Waals surface area contributed by atoms with Crippen molar-refractivity contribution in [2.75, 3.05) is 0 Å². The average Bonchev–Trinajstić information content (AvgIpc) is 2.76. The van der Waals surface area contributed by atoms with Crippen molar-refractivity contribution in [3.05, 3.63) is 52.8 Å². The third kappa shape index (κ3) is 3.12. The SMILES string of the molecule is CCC(NCc1ccnn1C)c1cccc(Cl)c1. The normalized spacial score (nSPS) is 12.6. The molecule has 2 aromatic rings. The van der Waals surface area contributed by atoms with E-state index >= 15 is 0 Å². The van der Waals surface area contributed by atoms with Gasteiger partial charge >= 0.3 is 0 Å². The minimum Gasteiger partial charge on any atom is -0.304 e. The van der Waals surface area contributed by atoms with Crippen LogP contribution in [0.4, 0.5) is 0 Å². The zero-order valence-corrected chi connectivity index (χ0v) is 11.5. The van der Waals surface area contributed by atoms with Crippen LogP contribution in [-0.2, 0) is 13.6 Å². The molecule has 0 amide bonds. The standard InChI is InChI=1S/C14H18ClN3/c1-3-14(11-5-4-6-12(15)9-11)16-10-13-7-8-17-18(13)2/h4-9,14,16H,3,10H2,1-2H3. The van der Waals surface area contributed by atoms with Crippen LogP contribution in [0.15, 0.2) is 36.5 Å². The number of benzene rings is 1. The fraction of sp³-hybridized carbons (Fsp3) is 0.357. The van der Waals surface area contributed by atoms with E-state index in [0.29, 0.717) is 6.04 Å². The Kier molecular flexibility index (Phi) is 4.39. The van der Waals surface area contributed by atoms with Gasteiger partial charge in [-0.2, -0.15) is 5.10 Å². The number of nitrogens with one attached hydrogen (secondary N) is 1. The number of hydrogen-bond donors (Lipinski definition) is 1. The maximum absolute atomic E-state index is 6.03. The third-order valence-corrected chi connectivity index (χ3v) is 3.35. The molecule has 0 spiro atoms. The van der Waals surface area contributed by atoms with Gasteiger partial charge in [-0.25, -0.2) is 0 Å². The molecule has 4 heteroatoms. The Balaban J connectivity index is 2.04. The van der Waals surface area contributed by atoms with Gasteiger partial charge in [0, 0.05) is 30.9 Å². The molecule has 1 atom stereocenters. The minimum atomic E-state index is 0.318. The Morgan fingerprint density at radius 3 is 2.83 bits per heavy atom. The van der Waals surface area contributed by atoms with E-state index in [1.807, 2.05) is 42.2 Å². The first-order chi connectivity index (χ1) is 8.70. The maximum atomic E-state index is 6.03. The monoisotopic (exact) mass is 263 g/mol. The smallest absolute Gasteiger partial charge is 0.0518 e. The quantitative estimate of drug-likeness (QED) is 0.897. The van der Waals surface area contributed by atoms with Crippen LogP contribution in [0.1, 0.15) is 30.6 Å². The second-order valence-corrected chi connectivity index (χ2v) is 4.78. The summed E-state index contributed by atoms with van der Waals surface area (Å²) in [6.45, 7) is 2.98. The molecule has 1 N–H and O–H groups in total. The summed E-state index contributed by atoms with van der Waals surface area (Å²) in [4.78, 5) is 0. The van der Waals surface area contributed by atoms with Gasteiger partial charge in [-0.3, -0.25) is 4.68 Å². The molecule has 0 aliphatic heterocycles. The molecule has 0 bridgehead atoms. The van der Waals surface area contributed by atoms with E-state index < -0.39 is 0 Å². The fourth-order valence-corrected chi connectivity index (χ4v) is 2.22. The average molecular weight is 264 g/mol. The summed E-state index contributed by atoms with van der Waals surface area (Å²) >= 11 is 6.03. The van der Waals surface area contributed by atoms with Gasteiger partial charge in [0.25, 0.3) is 0 Å². The molecule has 0 radical (unpaired) electrons. The van der Waals surface area contributed by atoms with Crippen molar-refractivity contribution >= 4 is 11.6 Å². The van der Waals surface area contributed by atoms with Crippen molar-refractivity contribution in [3.8, 4) is 0 Å². The van der Waals surface area contributed by atoms with E-state index in [-0.39, 0.29) is 0 Å². The molecule has 0 saturated heterocycles. The molecule has 1 heterocycles. The molecule has 0 aliphatic rings. The summed E-state index contributed by atoms with van der Waals surface area (Å²) in [7, 11) is 1.96. The summed E-state index contributed by atoms with van der Waals surface area (Å²) in [6.07, 6.45) is 2.84. The number of halogens is 1. The summed E-state index contributed by atoms with van der Waals surface area (Å²) in [5, 5.41) is 8.48. The van der Waals surface area contributed by atoms with E-state index in [4.69, 9.17) is 11.6 Å². The Labute approximate surface area is 113 Å². The van der Waals surface area contributed by atoms with Crippen LogP contribution < -0.4 is 5.32 Å². The summed E-state index contributed by atoms with van der Waals surface area (Å²) in [5.74, 6) is 0. The van der Waals surface area contributed by atoms with E-state index in [0.717, 1.165) is 18.0 Å². The minimum absolute atomic E-state index is 0.318. The number of aryl methyl sites for hydroxylation is 1. The zero-order chi connectivity index (χ0) is 13.0. The second kappa shape index (κ2) is 6.03. The molecule has 0 aliphatic carbocycles. The van der Waals surface area contributed by atoms with E-state index in [9.17, 15) is 0 Å².